The lowest BCUT2D eigenvalue weighted by Gasteiger charge is -2.36. The number of hydrogen-bond acceptors (Lipinski definition) is 2. The topological polar surface area (TPSA) is 44.4 Å². The minimum absolute atomic E-state index is 0.0474. The van der Waals surface area contributed by atoms with Crippen LogP contribution in [0.1, 0.15) is 51.4 Å². The van der Waals surface area contributed by atoms with Crippen LogP contribution in [0.15, 0.2) is 0 Å². The van der Waals surface area contributed by atoms with E-state index in [-0.39, 0.29) is 6.03 Å². The first-order valence-electron chi connectivity index (χ1n) is 8.09. The summed E-state index contributed by atoms with van der Waals surface area (Å²) in [5.41, 5.74) is 0. The molecule has 0 aromatic carbocycles. The number of rotatable bonds is 4. The van der Waals surface area contributed by atoms with Crippen LogP contribution in [-0.2, 0) is 0 Å². The molecule has 108 valence electrons. The second-order valence-electron chi connectivity index (χ2n) is 6.55. The van der Waals surface area contributed by atoms with Crippen molar-refractivity contribution in [1.82, 2.24) is 15.5 Å². The Morgan fingerprint density at radius 1 is 1.00 bits per heavy atom. The van der Waals surface area contributed by atoms with Crippen LogP contribution in [0.4, 0.5) is 4.79 Å². The van der Waals surface area contributed by atoms with Gasteiger partial charge in [-0.2, -0.15) is 0 Å². The van der Waals surface area contributed by atoms with Gasteiger partial charge in [0, 0.05) is 31.7 Å². The number of amides is 2. The van der Waals surface area contributed by atoms with Gasteiger partial charge >= 0.3 is 6.03 Å². The number of carbonyl (C=O) groups excluding carboxylic acids is 1. The van der Waals surface area contributed by atoms with Crippen molar-refractivity contribution in [2.45, 2.75) is 63.5 Å². The zero-order valence-electron chi connectivity index (χ0n) is 11.9. The summed E-state index contributed by atoms with van der Waals surface area (Å²) < 4.78 is 0. The van der Waals surface area contributed by atoms with E-state index in [1.807, 2.05) is 0 Å². The van der Waals surface area contributed by atoms with Crippen molar-refractivity contribution in [1.29, 1.82) is 0 Å². The van der Waals surface area contributed by atoms with E-state index in [9.17, 15) is 4.79 Å². The van der Waals surface area contributed by atoms with Crippen LogP contribution in [0.3, 0.4) is 0 Å². The lowest BCUT2D eigenvalue weighted by Crippen LogP contribution is -2.49. The molecule has 4 heteroatoms. The molecule has 2 amide bonds. The highest BCUT2D eigenvalue weighted by molar-refractivity contribution is 5.74. The molecule has 1 heterocycles. The normalized spacial score (nSPS) is 26.5. The molecule has 0 unspecified atom stereocenters. The zero-order valence-corrected chi connectivity index (χ0v) is 11.9. The third kappa shape index (κ3) is 3.85. The lowest BCUT2D eigenvalue weighted by molar-refractivity contribution is 0.145. The molecule has 4 nitrogen and oxygen atoms in total. The van der Waals surface area contributed by atoms with Gasteiger partial charge in [0.15, 0.2) is 0 Å². The Morgan fingerprint density at radius 2 is 1.68 bits per heavy atom. The summed E-state index contributed by atoms with van der Waals surface area (Å²) in [5.74, 6) is 0.759. The van der Waals surface area contributed by atoms with E-state index in [0.717, 1.165) is 44.4 Å². The number of hydrogen-bond donors (Lipinski definition) is 2. The molecule has 2 N–H and O–H groups in total. The Bertz CT molecular complexity index is 303. The van der Waals surface area contributed by atoms with E-state index in [1.54, 1.807) is 0 Å². The van der Waals surface area contributed by atoms with Crippen molar-refractivity contribution in [2.24, 2.45) is 5.92 Å². The molecule has 0 aromatic rings. The number of piperidine rings is 1. The molecule has 0 radical (unpaired) electrons. The second-order valence-corrected chi connectivity index (χ2v) is 6.55. The third-order valence-corrected chi connectivity index (χ3v) is 4.95. The molecule has 0 bridgehead atoms. The van der Waals surface area contributed by atoms with Gasteiger partial charge in [-0.05, 0) is 44.4 Å². The van der Waals surface area contributed by atoms with Crippen molar-refractivity contribution in [2.75, 3.05) is 19.6 Å². The highest BCUT2D eigenvalue weighted by atomic mass is 16.2. The fraction of sp³-hybridized carbons (Fsp3) is 0.933. The summed E-state index contributed by atoms with van der Waals surface area (Å²) in [6, 6.07) is 1.27. The van der Waals surface area contributed by atoms with Crippen molar-refractivity contribution in [3.63, 3.8) is 0 Å². The summed E-state index contributed by atoms with van der Waals surface area (Å²) in [7, 11) is 0. The maximum atomic E-state index is 11.7. The highest BCUT2D eigenvalue weighted by Gasteiger charge is 2.28. The first-order valence-corrected chi connectivity index (χ1v) is 8.09. The lowest BCUT2D eigenvalue weighted by atomic mass is 10.0. The molecule has 0 atom stereocenters. The first-order chi connectivity index (χ1) is 9.31. The van der Waals surface area contributed by atoms with Gasteiger partial charge in [0.2, 0.25) is 0 Å². The molecule has 2 saturated carbocycles. The maximum absolute atomic E-state index is 11.7. The molecule has 1 saturated heterocycles. The number of urea groups is 1. The van der Waals surface area contributed by atoms with Gasteiger partial charge in [0.1, 0.15) is 0 Å². The minimum atomic E-state index is 0.0474. The Balaban J connectivity index is 1.33. The minimum Gasteiger partial charge on any atom is -0.338 e. The smallest absolute Gasteiger partial charge is 0.315 e. The van der Waals surface area contributed by atoms with E-state index in [2.05, 4.69) is 15.5 Å². The highest BCUT2D eigenvalue weighted by Crippen LogP contribution is 2.27. The van der Waals surface area contributed by atoms with E-state index in [0.29, 0.717) is 6.04 Å². The number of nitrogens with one attached hydrogen (secondary N) is 2. The van der Waals surface area contributed by atoms with Gasteiger partial charge in [-0.1, -0.05) is 12.8 Å². The first kappa shape index (κ1) is 13.2. The average Bonchev–Trinajstić information content (AvgIpc) is 3.10. The predicted molar refractivity (Wildman–Crippen MR) is 76.1 cm³/mol. The monoisotopic (exact) mass is 265 g/mol. The Labute approximate surface area is 116 Å². The fourth-order valence-electron chi connectivity index (χ4n) is 3.47. The van der Waals surface area contributed by atoms with Gasteiger partial charge < -0.3 is 15.5 Å². The van der Waals surface area contributed by atoms with Gasteiger partial charge in [-0.25, -0.2) is 4.79 Å². The van der Waals surface area contributed by atoms with Gasteiger partial charge in [-0.3, -0.25) is 0 Å². The molecule has 2 aliphatic carbocycles. The summed E-state index contributed by atoms with van der Waals surface area (Å²) in [6.45, 7) is 3.20. The van der Waals surface area contributed by atoms with Gasteiger partial charge in [0.25, 0.3) is 0 Å². The Morgan fingerprint density at radius 3 is 2.32 bits per heavy atom. The van der Waals surface area contributed by atoms with Crippen LogP contribution in [0.5, 0.6) is 0 Å². The summed E-state index contributed by atoms with van der Waals surface area (Å²) in [6.07, 6.45) is 10.4. The molecule has 3 aliphatic rings. The van der Waals surface area contributed by atoms with Crippen LogP contribution in [-0.4, -0.2) is 42.6 Å². The van der Waals surface area contributed by atoms with Crippen molar-refractivity contribution >= 4 is 6.03 Å². The molecular weight excluding hydrogens is 238 g/mol. The SMILES string of the molecule is O=C(NCC1CC1)NC1CCN(C2CCCC2)CC1. The molecule has 3 rings (SSSR count). The van der Waals surface area contributed by atoms with E-state index in [1.165, 1.54) is 38.5 Å². The van der Waals surface area contributed by atoms with Crippen LogP contribution < -0.4 is 10.6 Å². The predicted octanol–water partition coefficient (Wildman–Crippen LogP) is 2.10. The number of carbonyl (C=O) groups is 1. The van der Waals surface area contributed by atoms with E-state index < -0.39 is 0 Å². The van der Waals surface area contributed by atoms with Crippen molar-refractivity contribution < 1.29 is 4.79 Å². The van der Waals surface area contributed by atoms with Gasteiger partial charge in [-0.15, -0.1) is 0 Å². The van der Waals surface area contributed by atoms with E-state index >= 15 is 0 Å². The summed E-state index contributed by atoms with van der Waals surface area (Å²) in [5, 5.41) is 6.13. The summed E-state index contributed by atoms with van der Waals surface area (Å²) in [4.78, 5) is 14.4. The largest absolute Gasteiger partial charge is 0.338 e. The maximum Gasteiger partial charge on any atom is 0.315 e. The quantitative estimate of drug-likeness (QED) is 0.817. The summed E-state index contributed by atoms with van der Waals surface area (Å²) >= 11 is 0. The molecule has 0 spiro atoms. The van der Waals surface area contributed by atoms with Crippen molar-refractivity contribution in [3.8, 4) is 0 Å². The third-order valence-electron chi connectivity index (χ3n) is 4.95. The second kappa shape index (κ2) is 6.12. The van der Waals surface area contributed by atoms with Crippen LogP contribution in [0.2, 0.25) is 0 Å². The Hall–Kier alpha value is -0.770. The van der Waals surface area contributed by atoms with Gasteiger partial charge in [0.05, 0.1) is 0 Å². The molecule has 1 aliphatic heterocycles. The zero-order chi connectivity index (χ0) is 13.1. The number of likely N-dealkylation sites (tertiary alicyclic amines) is 1. The molecular formula is C15H27N3O. The number of nitrogens with zero attached hydrogens (tertiary/aromatic N) is 1. The fourth-order valence-corrected chi connectivity index (χ4v) is 3.47. The van der Waals surface area contributed by atoms with Crippen LogP contribution >= 0.6 is 0 Å². The van der Waals surface area contributed by atoms with Crippen molar-refractivity contribution in [3.05, 3.63) is 0 Å². The van der Waals surface area contributed by atoms with Crippen LogP contribution in [0, 0.1) is 5.92 Å². The standard InChI is InChI=1S/C15H27N3O/c19-15(16-11-12-5-6-12)17-13-7-9-18(10-8-13)14-3-1-2-4-14/h12-14H,1-11H2,(H2,16,17,19). The average molecular weight is 265 g/mol. The van der Waals surface area contributed by atoms with E-state index in [4.69, 9.17) is 0 Å². The molecule has 19 heavy (non-hydrogen) atoms. The molecule has 3 fully saturated rings. The van der Waals surface area contributed by atoms with Crippen LogP contribution in [0.25, 0.3) is 0 Å². The Kier molecular flexibility index (Phi) is 4.26. The molecule has 0 aromatic heterocycles.